The summed E-state index contributed by atoms with van der Waals surface area (Å²) in [6.07, 6.45) is -2.50. The zero-order valence-electron chi connectivity index (χ0n) is 22.6. The molecule has 3 rings (SSSR count). The number of aliphatic hydroxyl groups excluding tert-OH is 2. The molecule has 0 aliphatic rings. The summed E-state index contributed by atoms with van der Waals surface area (Å²) in [4.78, 5) is 24.3. The van der Waals surface area contributed by atoms with Crippen molar-refractivity contribution in [2.24, 2.45) is 0 Å². The number of methoxy groups -OCH3 is 1. The topological polar surface area (TPSA) is 137 Å². The molecule has 0 fully saturated rings. The highest BCUT2D eigenvalue weighted by Gasteiger charge is 2.27. The van der Waals surface area contributed by atoms with E-state index >= 15 is 0 Å². The van der Waals surface area contributed by atoms with Crippen LogP contribution in [0.25, 0.3) is 5.69 Å². The van der Waals surface area contributed by atoms with E-state index in [1.165, 1.54) is 12.1 Å². The summed E-state index contributed by atoms with van der Waals surface area (Å²) < 4.78 is 20.5. The Morgan fingerprint density at radius 2 is 1.79 bits per heavy atom. The SMILES string of the molecule is COc1cccc([C@H](C)NC(=O)c2nn(-c3ccc(F)cc3)c(CC[C@@H](O)C[C@@H](O)CC(=O)[O-])c2C(C)C)c1. The molecular formula is C29H35FN3O6-. The van der Waals surface area contributed by atoms with Gasteiger partial charge >= 0.3 is 0 Å². The molecule has 210 valence electrons. The molecule has 1 amide bonds. The molecule has 0 aliphatic heterocycles. The molecule has 9 nitrogen and oxygen atoms in total. The van der Waals surface area contributed by atoms with Crippen molar-refractivity contribution in [3.63, 3.8) is 0 Å². The highest BCUT2D eigenvalue weighted by Crippen LogP contribution is 2.29. The second-order valence-electron chi connectivity index (χ2n) is 9.88. The Labute approximate surface area is 227 Å². The van der Waals surface area contributed by atoms with Crippen LogP contribution in [0.1, 0.15) is 79.3 Å². The number of rotatable bonds is 13. The number of hydrogen-bond donors (Lipinski definition) is 3. The third-order valence-corrected chi connectivity index (χ3v) is 6.49. The predicted octanol–water partition coefficient (Wildman–Crippen LogP) is 2.82. The van der Waals surface area contributed by atoms with Gasteiger partial charge in [-0.05, 0) is 74.1 Å². The molecule has 3 atom stereocenters. The van der Waals surface area contributed by atoms with Crippen molar-refractivity contribution in [3.05, 3.63) is 76.9 Å². The average Bonchev–Trinajstić information content (AvgIpc) is 3.27. The van der Waals surface area contributed by atoms with Crippen LogP contribution in [-0.4, -0.2) is 51.2 Å². The molecule has 10 heteroatoms. The lowest BCUT2D eigenvalue weighted by atomic mass is 9.95. The van der Waals surface area contributed by atoms with Gasteiger partial charge in [-0.15, -0.1) is 0 Å². The second kappa shape index (κ2) is 13.3. The van der Waals surface area contributed by atoms with Gasteiger partial charge in [-0.25, -0.2) is 9.07 Å². The Balaban J connectivity index is 1.94. The van der Waals surface area contributed by atoms with E-state index in [4.69, 9.17) is 4.74 Å². The molecule has 3 aromatic rings. The van der Waals surface area contributed by atoms with Crippen molar-refractivity contribution in [3.8, 4) is 11.4 Å². The lowest BCUT2D eigenvalue weighted by Crippen LogP contribution is -2.29. The quantitative estimate of drug-likeness (QED) is 0.303. The lowest BCUT2D eigenvalue weighted by Gasteiger charge is -2.18. The third kappa shape index (κ3) is 7.87. The first-order chi connectivity index (χ1) is 18.5. The fourth-order valence-corrected chi connectivity index (χ4v) is 4.55. The molecule has 0 spiro atoms. The van der Waals surface area contributed by atoms with E-state index in [-0.39, 0.29) is 42.8 Å². The number of amides is 1. The number of aliphatic hydroxyl groups is 2. The van der Waals surface area contributed by atoms with E-state index in [2.05, 4.69) is 10.4 Å². The number of carboxylic acids is 1. The van der Waals surface area contributed by atoms with Crippen molar-refractivity contribution < 1.29 is 34.0 Å². The molecule has 0 aliphatic carbocycles. The van der Waals surface area contributed by atoms with Crippen LogP contribution in [-0.2, 0) is 11.2 Å². The van der Waals surface area contributed by atoms with Gasteiger partial charge in [0.2, 0.25) is 0 Å². The number of carboxylic acid groups (broad SMARTS) is 1. The normalized spacial score (nSPS) is 13.6. The van der Waals surface area contributed by atoms with E-state index in [9.17, 15) is 29.3 Å². The maximum atomic E-state index is 13.7. The summed E-state index contributed by atoms with van der Waals surface area (Å²) >= 11 is 0. The minimum absolute atomic E-state index is 0.122. The Morgan fingerprint density at radius 3 is 2.41 bits per heavy atom. The van der Waals surface area contributed by atoms with E-state index in [1.54, 1.807) is 23.9 Å². The monoisotopic (exact) mass is 540 g/mol. The maximum absolute atomic E-state index is 13.7. The first-order valence-electron chi connectivity index (χ1n) is 12.9. The smallest absolute Gasteiger partial charge is 0.272 e. The molecule has 39 heavy (non-hydrogen) atoms. The van der Waals surface area contributed by atoms with Gasteiger partial charge < -0.3 is 30.2 Å². The average molecular weight is 541 g/mol. The molecule has 0 unspecified atom stereocenters. The molecular weight excluding hydrogens is 505 g/mol. The van der Waals surface area contributed by atoms with Gasteiger partial charge in [-0.2, -0.15) is 5.10 Å². The highest BCUT2D eigenvalue weighted by molar-refractivity contribution is 5.94. The van der Waals surface area contributed by atoms with Crippen LogP contribution in [0.5, 0.6) is 5.75 Å². The fourth-order valence-electron chi connectivity index (χ4n) is 4.55. The number of aliphatic carboxylic acids is 1. The summed E-state index contributed by atoms with van der Waals surface area (Å²) in [6, 6.07) is 12.7. The van der Waals surface area contributed by atoms with E-state index in [0.29, 0.717) is 22.7 Å². The van der Waals surface area contributed by atoms with Gasteiger partial charge in [0.1, 0.15) is 11.6 Å². The Bertz CT molecular complexity index is 1270. The number of carbonyl (C=O) groups excluding carboxylic acids is 2. The van der Waals surface area contributed by atoms with Crippen molar-refractivity contribution in [2.45, 2.75) is 70.6 Å². The van der Waals surface area contributed by atoms with Crippen LogP contribution >= 0.6 is 0 Å². The first kappa shape index (κ1) is 29.8. The molecule has 1 heterocycles. The van der Waals surface area contributed by atoms with Gasteiger partial charge in [0.25, 0.3) is 5.91 Å². The lowest BCUT2D eigenvalue weighted by molar-refractivity contribution is -0.307. The molecule has 0 bridgehead atoms. The third-order valence-electron chi connectivity index (χ3n) is 6.49. The van der Waals surface area contributed by atoms with Crippen molar-refractivity contribution in [1.82, 2.24) is 15.1 Å². The standard InChI is InChI=1S/C29H36FN3O6/c1-17(2)27-25(13-12-22(34)15-23(35)16-26(36)37)33(21-10-8-20(30)9-11-21)32-28(27)29(38)31-18(3)19-6-5-7-24(14-19)39-4/h5-11,14,17-18,22-23,34-35H,12-13,15-16H2,1-4H3,(H,31,38)(H,36,37)/p-1/t18-,22+,23+/m0/s1. The number of ether oxygens (including phenoxy) is 1. The molecule has 0 saturated carbocycles. The zero-order chi connectivity index (χ0) is 28.7. The first-order valence-corrected chi connectivity index (χ1v) is 12.9. The van der Waals surface area contributed by atoms with Gasteiger partial charge in [-0.1, -0.05) is 26.0 Å². The van der Waals surface area contributed by atoms with Crippen LogP contribution in [0.2, 0.25) is 0 Å². The fraction of sp³-hybridized carbons (Fsp3) is 0.414. The molecule has 2 aromatic carbocycles. The largest absolute Gasteiger partial charge is 0.550 e. The number of halogens is 1. The number of nitrogens with one attached hydrogen (secondary N) is 1. The minimum Gasteiger partial charge on any atom is -0.550 e. The summed E-state index contributed by atoms with van der Waals surface area (Å²) in [5, 5.41) is 38.7. The number of hydrogen-bond acceptors (Lipinski definition) is 7. The van der Waals surface area contributed by atoms with Crippen molar-refractivity contribution in [2.75, 3.05) is 7.11 Å². The summed E-state index contributed by atoms with van der Waals surface area (Å²) in [5.74, 6) is -1.66. The summed E-state index contributed by atoms with van der Waals surface area (Å²) in [6.45, 7) is 5.71. The Kier molecular flexibility index (Phi) is 10.2. The van der Waals surface area contributed by atoms with Gasteiger partial charge in [-0.3, -0.25) is 4.79 Å². The van der Waals surface area contributed by atoms with Gasteiger partial charge in [0.05, 0.1) is 31.0 Å². The van der Waals surface area contributed by atoms with Crippen LogP contribution in [0, 0.1) is 5.82 Å². The number of benzene rings is 2. The van der Waals surface area contributed by atoms with Crippen LogP contribution in [0.4, 0.5) is 4.39 Å². The minimum atomic E-state index is -1.40. The second-order valence-corrected chi connectivity index (χ2v) is 9.88. The van der Waals surface area contributed by atoms with Crippen LogP contribution in [0.15, 0.2) is 48.5 Å². The highest BCUT2D eigenvalue weighted by atomic mass is 19.1. The summed E-state index contributed by atoms with van der Waals surface area (Å²) in [7, 11) is 1.57. The van der Waals surface area contributed by atoms with Gasteiger partial charge in [0.15, 0.2) is 5.69 Å². The molecule has 0 saturated heterocycles. The van der Waals surface area contributed by atoms with E-state index < -0.39 is 30.4 Å². The predicted molar refractivity (Wildman–Crippen MR) is 141 cm³/mol. The number of carbonyl (C=O) groups is 2. The van der Waals surface area contributed by atoms with Gasteiger partial charge in [0, 0.05) is 23.6 Å². The Hall–Kier alpha value is -3.76. The van der Waals surface area contributed by atoms with E-state index in [1.807, 2.05) is 45.0 Å². The summed E-state index contributed by atoms with van der Waals surface area (Å²) in [5.41, 5.74) is 2.94. The number of aromatic nitrogens is 2. The molecule has 1 aromatic heterocycles. The molecule has 0 radical (unpaired) electrons. The zero-order valence-corrected chi connectivity index (χ0v) is 22.6. The number of nitrogens with zero attached hydrogens (tertiary/aromatic N) is 2. The van der Waals surface area contributed by atoms with E-state index in [0.717, 1.165) is 5.56 Å². The van der Waals surface area contributed by atoms with Crippen LogP contribution in [0.3, 0.4) is 0 Å². The Morgan fingerprint density at radius 1 is 1.10 bits per heavy atom. The van der Waals surface area contributed by atoms with Crippen molar-refractivity contribution in [1.29, 1.82) is 0 Å². The van der Waals surface area contributed by atoms with Crippen LogP contribution < -0.4 is 15.2 Å². The molecule has 3 N–H and O–H groups in total. The maximum Gasteiger partial charge on any atom is 0.272 e. The van der Waals surface area contributed by atoms with Crippen molar-refractivity contribution >= 4 is 11.9 Å².